The Bertz CT molecular complexity index is 533. The molecule has 1 heterocycles. The Balaban J connectivity index is 2.72. The number of hydrogen-bond acceptors (Lipinski definition) is 2. The van der Waals surface area contributed by atoms with Crippen molar-refractivity contribution in [2.24, 2.45) is 0 Å². The number of alkyl halides is 1. The van der Waals surface area contributed by atoms with Crippen LogP contribution in [-0.2, 0) is 15.6 Å². The predicted octanol–water partition coefficient (Wildman–Crippen LogP) is 4.48. The first kappa shape index (κ1) is 14.4. The summed E-state index contributed by atoms with van der Waals surface area (Å²) in [6.45, 7) is 12.8. The molecule has 0 spiro atoms. The van der Waals surface area contributed by atoms with Crippen molar-refractivity contribution >= 4 is 17.6 Å². The first-order chi connectivity index (χ1) is 8.51. The fourth-order valence-electron chi connectivity index (χ4n) is 2.22. The zero-order valence-corrected chi connectivity index (χ0v) is 13.2. The minimum Gasteiger partial charge on any atom is -0.424 e. The molecular formula is C16H21ClO2. The van der Waals surface area contributed by atoms with E-state index in [0.717, 1.165) is 11.1 Å². The van der Waals surface area contributed by atoms with Gasteiger partial charge >= 0.3 is 5.97 Å². The molecule has 0 aliphatic carbocycles. The van der Waals surface area contributed by atoms with Gasteiger partial charge in [-0.25, -0.2) is 4.79 Å². The van der Waals surface area contributed by atoms with E-state index in [1.807, 2.05) is 6.07 Å². The topological polar surface area (TPSA) is 26.3 Å². The van der Waals surface area contributed by atoms with E-state index in [1.54, 1.807) is 0 Å². The number of benzene rings is 1. The molecule has 19 heavy (non-hydrogen) atoms. The fourth-order valence-corrected chi connectivity index (χ4v) is 2.43. The van der Waals surface area contributed by atoms with Crippen LogP contribution in [0.2, 0.25) is 0 Å². The van der Waals surface area contributed by atoms with Crippen molar-refractivity contribution in [2.45, 2.75) is 57.7 Å². The number of carbonyl (C=O) groups is 1. The Labute approximate surface area is 120 Å². The molecule has 0 radical (unpaired) electrons. The lowest BCUT2D eigenvalue weighted by atomic mass is 9.79. The molecular weight excluding hydrogens is 260 g/mol. The second-order valence-electron chi connectivity index (χ2n) is 7.23. The van der Waals surface area contributed by atoms with Gasteiger partial charge < -0.3 is 4.74 Å². The lowest BCUT2D eigenvalue weighted by Gasteiger charge is -2.26. The average Bonchev–Trinajstić information content (AvgIpc) is 2.51. The summed E-state index contributed by atoms with van der Waals surface area (Å²) in [5.74, 6) is 0.290. The van der Waals surface area contributed by atoms with E-state index >= 15 is 0 Å². The highest BCUT2D eigenvalue weighted by Crippen LogP contribution is 2.46. The third-order valence-corrected chi connectivity index (χ3v) is 3.89. The highest BCUT2D eigenvalue weighted by atomic mass is 35.5. The van der Waals surface area contributed by atoms with Gasteiger partial charge in [0, 0.05) is 11.1 Å². The molecule has 1 aromatic carbocycles. The van der Waals surface area contributed by atoms with Gasteiger partial charge in [-0.1, -0.05) is 47.6 Å². The molecule has 1 unspecified atom stereocenters. The van der Waals surface area contributed by atoms with Crippen molar-refractivity contribution in [1.29, 1.82) is 0 Å². The Hall–Kier alpha value is -1.02. The summed E-state index contributed by atoms with van der Waals surface area (Å²) in [7, 11) is 0. The van der Waals surface area contributed by atoms with Crippen LogP contribution in [0, 0.1) is 0 Å². The molecule has 1 aliphatic rings. The van der Waals surface area contributed by atoms with Gasteiger partial charge in [0.2, 0.25) is 0 Å². The molecule has 104 valence electrons. The molecule has 1 aromatic rings. The molecule has 0 aromatic heterocycles. The Morgan fingerprint density at radius 1 is 1.05 bits per heavy atom. The quantitative estimate of drug-likeness (QED) is 0.398. The summed E-state index contributed by atoms with van der Waals surface area (Å²) in [5, 5.41) is -0.682. The smallest absolute Gasteiger partial charge is 0.334 e. The van der Waals surface area contributed by atoms with Gasteiger partial charge in [0.05, 0.1) is 0 Å². The van der Waals surface area contributed by atoms with Crippen LogP contribution in [0.15, 0.2) is 12.1 Å². The van der Waals surface area contributed by atoms with Crippen LogP contribution in [0.4, 0.5) is 0 Å². The number of halogens is 1. The average molecular weight is 281 g/mol. The van der Waals surface area contributed by atoms with E-state index in [4.69, 9.17) is 16.3 Å². The maximum Gasteiger partial charge on any atom is 0.334 e. The molecule has 0 saturated carbocycles. The number of rotatable bonds is 0. The number of carbonyl (C=O) groups excluding carboxylic acids is 1. The summed E-state index contributed by atoms with van der Waals surface area (Å²) >= 11 is 6.16. The van der Waals surface area contributed by atoms with E-state index in [9.17, 15) is 4.79 Å². The molecule has 0 saturated heterocycles. The third kappa shape index (κ3) is 2.51. The van der Waals surface area contributed by atoms with Crippen molar-refractivity contribution in [3.05, 3.63) is 28.8 Å². The minimum absolute atomic E-state index is 0.0112. The molecule has 0 bridgehead atoms. The monoisotopic (exact) mass is 280 g/mol. The van der Waals surface area contributed by atoms with Gasteiger partial charge in [-0.15, -0.1) is 11.6 Å². The third-order valence-electron chi connectivity index (χ3n) is 3.47. The first-order valence-electron chi connectivity index (χ1n) is 6.56. The van der Waals surface area contributed by atoms with Gasteiger partial charge in [0.25, 0.3) is 0 Å². The van der Waals surface area contributed by atoms with Gasteiger partial charge in [0.1, 0.15) is 5.75 Å². The lowest BCUT2D eigenvalue weighted by Crippen LogP contribution is -2.17. The summed E-state index contributed by atoms with van der Waals surface area (Å²) in [4.78, 5) is 11.7. The Morgan fingerprint density at radius 3 is 2.11 bits per heavy atom. The number of ether oxygens (including phenoxy) is 1. The number of hydrogen-bond donors (Lipinski definition) is 0. The Morgan fingerprint density at radius 2 is 1.63 bits per heavy atom. The van der Waals surface area contributed by atoms with Gasteiger partial charge in [-0.2, -0.15) is 0 Å². The van der Waals surface area contributed by atoms with E-state index < -0.39 is 5.38 Å². The lowest BCUT2D eigenvalue weighted by molar-refractivity contribution is -0.132. The van der Waals surface area contributed by atoms with E-state index in [1.165, 1.54) is 5.56 Å². The van der Waals surface area contributed by atoms with Crippen LogP contribution < -0.4 is 4.74 Å². The fraction of sp³-hybridized carbons (Fsp3) is 0.562. The van der Waals surface area contributed by atoms with E-state index in [0.29, 0.717) is 5.75 Å². The van der Waals surface area contributed by atoms with Gasteiger partial charge in [-0.05, 0) is 22.5 Å². The molecule has 0 N–H and O–H groups in total. The highest BCUT2D eigenvalue weighted by molar-refractivity contribution is 6.31. The normalized spacial score (nSPS) is 19.3. The van der Waals surface area contributed by atoms with E-state index in [2.05, 4.69) is 47.6 Å². The molecule has 0 fully saturated rings. The van der Waals surface area contributed by atoms with Crippen molar-refractivity contribution in [3.8, 4) is 5.75 Å². The zero-order valence-electron chi connectivity index (χ0n) is 12.4. The van der Waals surface area contributed by atoms with Crippen molar-refractivity contribution in [2.75, 3.05) is 0 Å². The van der Waals surface area contributed by atoms with Crippen LogP contribution in [0.25, 0.3) is 0 Å². The largest absolute Gasteiger partial charge is 0.424 e. The number of esters is 1. The first-order valence-corrected chi connectivity index (χ1v) is 7.00. The maximum absolute atomic E-state index is 11.7. The molecule has 0 amide bonds. The van der Waals surface area contributed by atoms with Crippen LogP contribution in [0.1, 0.15) is 63.6 Å². The summed E-state index contributed by atoms with van der Waals surface area (Å²) in [6, 6.07) is 4.15. The highest BCUT2D eigenvalue weighted by Gasteiger charge is 2.37. The van der Waals surface area contributed by atoms with E-state index in [-0.39, 0.29) is 16.8 Å². The second-order valence-corrected chi connectivity index (χ2v) is 7.66. The van der Waals surface area contributed by atoms with Gasteiger partial charge in [-0.3, -0.25) is 0 Å². The van der Waals surface area contributed by atoms with Crippen LogP contribution >= 0.6 is 11.6 Å². The zero-order chi connectivity index (χ0) is 14.6. The molecule has 2 rings (SSSR count). The molecule has 3 heteroatoms. The van der Waals surface area contributed by atoms with Crippen LogP contribution in [-0.4, -0.2) is 5.97 Å². The molecule has 2 nitrogen and oxygen atoms in total. The summed E-state index contributed by atoms with van der Waals surface area (Å²) < 4.78 is 5.37. The summed E-state index contributed by atoms with van der Waals surface area (Å²) in [6.07, 6.45) is 0. The number of fused-ring (bicyclic) bond motifs is 1. The SMILES string of the molecule is CC(C)(C)c1cc2c(c(C(C)(C)C)c1)OC(=O)C2Cl. The van der Waals surface area contributed by atoms with Crippen molar-refractivity contribution in [1.82, 2.24) is 0 Å². The molecule has 1 atom stereocenters. The van der Waals surface area contributed by atoms with Crippen molar-refractivity contribution < 1.29 is 9.53 Å². The van der Waals surface area contributed by atoms with Crippen LogP contribution in [0.3, 0.4) is 0 Å². The van der Waals surface area contributed by atoms with Crippen LogP contribution in [0.5, 0.6) is 5.75 Å². The second kappa shape index (κ2) is 4.24. The predicted molar refractivity (Wildman–Crippen MR) is 78.1 cm³/mol. The maximum atomic E-state index is 11.7. The Kier molecular flexibility index (Phi) is 3.21. The van der Waals surface area contributed by atoms with Gasteiger partial charge in [0.15, 0.2) is 5.38 Å². The molecule has 1 aliphatic heterocycles. The summed E-state index contributed by atoms with van der Waals surface area (Å²) in [5.41, 5.74) is 2.96. The van der Waals surface area contributed by atoms with Crippen molar-refractivity contribution in [3.63, 3.8) is 0 Å². The standard InChI is InChI=1S/C16H21ClO2/c1-15(2,3)9-7-10-12(17)14(18)19-13(10)11(8-9)16(4,5)6/h7-8,12H,1-6H3. The minimum atomic E-state index is -0.682.